The van der Waals surface area contributed by atoms with E-state index >= 15 is 0 Å². The fourth-order valence-electron chi connectivity index (χ4n) is 1.63. The zero-order valence-corrected chi connectivity index (χ0v) is 13.0. The van der Waals surface area contributed by atoms with Gasteiger partial charge in [0.15, 0.2) is 5.16 Å². The van der Waals surface area contributed by atoms with Crippen LogP contribution in [0, 0.1) is 0 Å². The molecule has 0 atom stereocenters. The Morgan fingerprint density at radius 1 is 1.22 bits per heavy atom. The Hall–Kier alpha value is -1.80. The molecule has 23 heavy (non-hydrogen) atoms. The molecule has 0 saturated carbocycles. The van der Waals surface area contributed by atoms with Crippen LogP contribution in [0.1, 0.15) is 12.1 Å². The van der Waals surface area contributed by atoms with Gasteiger partial charge < -0.3 is 5.11 Å². The number of thioether (sulfide) groups is 1. The minimum Gasteiger partial charge on any atom is -0.481 e. The molecule has 0 aliphatic heterocycles. The van der Waals surface area contributed by atoms with Gasteiger partial charge in [0, 0.05) is 16.3 Å². The molecule has 0 spiro atoms. The van der Waals surface area contributed by atoms with Gasteiger partial charge in [0.1, 0.15) is 5.69 Å². The van der Waals surface area contributed by atoms with Crippen molar-refractivity contribution in [3.8, 4) is 11.3 Å². The Morgan fingerprint density at radius 2 is 1.87 bits per heavy atom. The fraction of sp³-hybridized carbons (Fsp3) is 0.214. The molecular formula is C14H10ClF3N2O2S. The highest BCUT2D eigenvalue weighted by molar-refractivity contribution is 7.99. The van der Waals surface area contributed by atoms with E-state index in [-0.39, 0.29) is 23.0 Å². The van der Waals surface area contributed by atoms with Gasteiger partial charge >= 0.3 is 12.1 Å². The average molecular weight is 363 g/mol. The second kappa shape index (κ2) is 7.18. The van der Waals surface area contributed by atoms with Crippen molar-refractivity contribution < 1.29 is 23.1 Å². The number of halogens is 4. The molecule has 1 N–H and O–H groups in total. The number of nitrogens with zero attached hydrogens (tertiary/aromatic N) is 2. The van der Waals surface area contributed by atoms with Gasteiger partial charge in [0.05, 0.1) is 12.1 Å². The molecule has 1 heterocycles. The highest BCUT2D eigenvalue weighted by Gasteiger charge is 2.33. The monoisotopic (exact) mass is 362 g/mol. The van der Waals surface area contributed by atoms with Crippen LogP contribution in [0.4, 0.5) is 13.2 Å². The Balaban J connectivity index is 2.37. The highest BCUT2D eigenvalue weighted by atomic mass is 35.5. The first-order valence-electron chi connectivity index (χ1n) is 6.32. The molecule has 122 valence electrons. The highest BCUT2D eigenvalue weighted by Crippen LogP contribution is 2.32. The topological polar surface area (TPSA) is 63.1 Å². The summed E-state index contributed by atoms with van der Waals surface area (Å²) in [6.45, 7) is 0. The van der Waals surface area contributed by atoms with E-state index in [0.717, 1.165) is 17.8 Å². The molecule has 0 unspecified atom stereocenters. The van der Waals surface area contributed by atoms with E-state index in [1.54, 1.807) is 24.3 Å². The van der Waals surface area contributed by atoms with Gasteiger partial charge in [0.2, 0.25) is 0 Å². The number of hydrogen-bond acceptors (Lipinski definition) is 4. The van der Waals surface area contributed by atoms with Gasteiger partial charge in [-0.15, -0.1) is 0 Å². The lowest BCUT2D eigenvalue weighted by atomic mass is 10.1. The van der Waals surface area contributed by atoms with Crippen LogP contribution in [-0.4, -0.2) is 26.8 Å². The summed E-state index contributed by atoms with van der Waals surface area (Å²) in [5.41, 5.74) is -0.514. The first-order chi connectivity index (χ1) is 10.8. The van der Waals surface area contributed by atoms with Crippen LogP contribution in [0.15, 0.2) is 35.5 Å². The van der Waals surface area contributed by atoms with E-state index in [1.807, 2.05) is 0 Å². The number of benzene rings is 1. The molecular weight excluding hydrogens is 353 g/mol. The Bertz CT molecular complexity index is 708. The van der Waals surface area contributed by atoms with Crippen LogP contribution in [0.5, 0.6) is 0 Å². The van der Waals surface area contributed by atoms with Crippen molar-refractivity contribution in [2.24, 2.45) is 0 Å². The molecule has 0 aliphatic carbocycles. The summed E-state index contributed by atoms with van der Waals surface area (Å²) in [5.74, 6) is -0.959. The lowest BCUT2D eigenvalue weighted by Crippen LogP contribution is -2.10. The van der Waals surface area contributed by atoms with Crippen LogP contribution < -0.4 is 0 Å². The van der Waals surface area contributed by atoms with Gasteiger partial charge in [0.25, 0.3) is 0 Å². The first-order valence-corrected chi connectivity index (χ1v) is 7.69. The zero-order chi connectivity index (χ0) is 17.0. The lowest BCUT2D eigenvalue weighted by molar-refractivity contribution is -0.141. The largest absolute Gasteiger partial charge is 0.481 e. The summed E-state index contributed by atoms with van der Waals surface area (Å²) in [6.07, 6.45) is -4.81. The second-order valence-corrected chi connectivity index (χ2v) is 5.92. The quantitative estimate of drug-likeness (QED) is 0.631. The summed E-state index contributed by atoms with van der Waals surface area (Å²) in [5, 5.41) is 8.92. The molecule has 0 amide bonds. The third kappa shape index (κ3) is 5.11. The molecule has 0 bridgehead atoms. The number of rotatable bonds is 5. The molecule has 0 aliphatic rings. The molecule has 2 rings (SSSR count). The van der Waals surface area contributed by atoms with Crippen LogP contribution in [0.2, 0.25) is 5.02 Å². The number of hydrogen-bond donors (Lipinski definition) is 1. The van der Waals surface area contributed by atoms with E-state index < -0.39 is 17.8 Å². The van der Waals surface area contributed by atoms with E-state index in [4.69, 9.17) is 16.7 Å². The molecule has 0 radical (unpaired) electrons. The number of carboxylic acids is 1. The number of aromatic nitrogens is 2. The second-order valence-electron chi connectivity index (χ2n) is 4.42. The first kappa shape index (κ1) is 17.6. The smallest absolute Gasteiger partial charge is 0.433 e. The molecule has 1 aromatic carbocycles. The molecule has 0 fully saturated rings. The third-order valence-electron chi connectivity index (χ3n) is 2.68. The Labute approximate surface area is 138 Å². The molecule has 2 aromatic rings. The van der Waals surface area contributed by atoms with Crippen molar-refractivity contribution in [1.29, 1.82) is 0 Å². The van der Waals surface area contributed by atoms with E-state index in [0.29, 0.717) is 10.6 Å². The number of carbonyl (C=O) groups is 1. The van der Waals surface area contributed by atoms with Gasteiger partial charge in [-0.2, -0.15) is 13.2 Å². The predicted octanol–water partition coefficient (Wildman–Crippen LogP) is 4.38. The summed E-state index contributed by atoms with van der Waals surface area (Å²) >= 11 is 6.62. The zero-order valence-electron chi connectivity index (χ0n) is 11.5. The summed E-state index contributed by atoms with van der Waals surface area (Å²) in [4.78, 5) is 18.0. The number of carboxylic acid groups (broad SMARTS) is 1. The molecule has 1 aromatic heterocycles. The van der Waals surface area contributed by atoms with Crippen LogP contribution in [-0.2, 0) is 11.0 Å². The van der Waals surface area contributed by atoms with E-state index in [2.05, 4.69) is 9.97 Å². The van der Waals surface area contributed by atoms with Crippen molar-refractivity contribution in [2.45, 2.75) is 17.8 Å². The van der Waals surface area contributed by atoms with Crippen LogP contribution >= 0.6 is 23.4 Å². The maximum Gasteiger partial charge on any atom is 0.433 e. The van der Waals surface area contributed by atoms with Crippen molar-refractivity contribution in [2.75, 3.05) is 5.75 Å². The third-order valence-corrected chi connectivity index (χ3v) is 3.78. The van der Waals surface area contributed by atoms with Crippen LogP contribution in [0.3, 0.4) is 0 Å². The van der Waals surface area contributed by atoms with E-state index in [1.165, 1.54) is 0 Å². The summed E-state index contributed by atoms with van der Waals surface area (Å²) in [6, 6.07) is 7.05. The minimum absolute atomic E-state index is 0.0801. The van der Waals surface area contributed by atoms with Gasteiger partial charge in [-0.05, 0) is 18.2 Å². The maximum absolute atomic E-state index is 13.0. The van der Waals surface area contributed by atoms with Gasteiger partial charge in [-0.3, -0.25) is 4.79 Å². The van der Waals surface area contributed by atoms with Crippen LogP contribution in [0.25, 0.3) is 11.3 Å². The van der Waals surface area contributed by atoms with E-state index in [9.17, 15) is 18.0 Å². The summed E-state index contributed by atoms with van der Waals surface area (Å²) < 4.78 is 38.9. The van der Waals surface area contributed by atoms with Crippen molar-refractivity contribution in [1.82, 2.24) is 9.97 Å². The normalized spacial score (nSPS) is 11.5. The Morgan fingerprint density at radius 3 is 2.43 bits per heavy atom. The number of aliphatic carboxylic acids is 1. The average Bonchev–Trinajstić information content (AvgIpc) is 2.46. The van der Waals surface area contributed by atoms with Gasteiger partial charge in [-0.1, -0.05) is 35.5 Å². The maximum atomic E-state index is 13.0. The molecule has 4 nitrogen and oxygen atoms in total. The predicted molar refractivity (Wildman–Crippen MR) is 80.5 cm³/mol. The fourth-order valence-corrected chi connectivity index (χ4v) is 2.54. The minimum atomic E-state index is -4.62. The molecule has 0 saturated heterocycles. The van der Waals surface area contributed by atoms with Crippen molar-refractivity contribution >= 4 is 29.3 Å². The van der Waals surface area contributed by atoms with Crippen molar-refractivity contribution in [3.63, 3.8) is 0 Å². The number of alkyl halides is 3. The standard InChI is InChI=1S/C14H10ClF3N2O2S/c15-9-3-1-8(2-4-9)10-7-11(14(16,17)18)20-13(19-10)23-6-5-12(21)22/h1-4,7H,5-6H2,(H,21,22). The Kier molecular flexibility index (Phi) is 5.48. The van der Waals surface area contributed by atoms with Crippen molar-refractivity contribution in [3.05, 3.63) is 41.0 Å². The molecule has 9 heteroatoms. The lowest BCUT2D eigenvalue weighted by Gasteiger charge is -2.10. The summed E-state index contributed by atoms with van der Waals surface area (Å²) in [7, 11) is 0. The SMILES string of the molecule is O=C(O)CCSc1nc(-c2ccc(Cl)cc2)cc(C(F)(F)F)n1. The van der Waals surface area contributed by atoms with Gasteiger partial charge in [-0.25, -0.2) is 9.97 Å².